The van der Waals surface area contributed by atoms with Crippen molar-refractivity contribution in [1.82, 2.24) is 16.0 Å². The second-order valence-corrected chi connectivity index (χ2v) is 4.15. The Labute approximate surface area is 114 Å². The van der Waals surface area contributed by atoms with Gasteiger partial charge in [-0.1, -0.05) is 13.3 Å². The third-order valence-corrected chi connectivity index (χ3v) is 3.50. The average molecular weight is 269 g/mol. The zero-order chi connectivity index (χ0) is 14.7. The zero-order valence-corrected chi connectivity index (χ0v) is 12.0. The zero-order valence-electron chi connectivity index (χ0n) is 12.0. The Morgan fingerprint density at radius 1 is 1.16 bits per heavy atom. The number of rotatable bonds is 10. The smallest absolute Gasteiger partial charge is 0.236 e. The fourth-order valence-electron chi connectivity index (χ4n) is 2.50. The summed E-state index contributed by atoms with van der Waals surface area (Å²) in [5.41, 5.74) is -0.612. The maximum atomic E-state index is 10.6. The molecule has 2 unspecified atom stereocenters. The molecule has 0 amide bonds. The Balaban J connectivity index is 5.29. The Hall–Kier alpha value is -1.36. The van der Waals surface area contributed by atoms with E-state index in [2.05, 4.69) is 25.9 Å². The van der Waals surface area contributed by atoms with Crippen molar-refractivity contribution in [1.29, 1.82) is 0 Å². The fraction of sp³-hybridized carbons (Fsp3) is 0.833. The van der Waals surface area contributed by atoms with Gasteiger partial charge in [0.2, 0.25) is 12.2 Å². The van der Waals surface area contributed by atoms with E-state index in [-0.39, 0.29) is 5.92 Å². The van der Waals surface area contributed by atoms with Gasteiger partial charge in [-0.25, -0.2) is 14.6 Å². The summed E-state index contributed by atoms with van der Waals surface area (Å²) in [7, 11) is 5.32. The van der Waals surface area contributed by atoms with Gasteiger partial charge in [0.1, 0.15) is 11.8 Å². The summed E-state index contributed by atoms with van der Waals surface area (Å²) >= 11 is 0. The molecule has 7 nitrogen and oxygen atoms in total. The molecule has 0 rings (SSSR count). The SMILES string of the molecule is CCC(CCN=C=O)C(NC)(NC)C(N=C=O)NC. The highest BCUT2D eigenvalue weighted by molar-refractivity contribution is 5.34. The largest absolute Gasteiger partial charge is 0.299 e. The van der Waals surface area contributed by atoms with Crippen LogP contribution in [0.1, 0.15) is 19.8 Å². The topological polar surface area (TPSA) is 94.9 Å². The summed E-state index contributed by atoms with van der Waals surface area (Å²) in [4.78, 5) is 28.1. The molecule has 0 saturated carbocycles. The van der Waals surface area contributed by atoms with E-state index in [1.807, 2.05) is 6.92 Å². The monoisotopic (exact) mass is 269 g/mol. The van der Waals surface area contributed by atoms with Crippen LogP contribution < -0.4 is 16.0 Å². The van der Waals surface area contributed by atoms with E-state index in [1.54, 1.807) is 27.2 Å². The van der Waals surface area contributed by atoms with Crippen LogP contribution in [0.4, 0.5) is 0 Å². The van der Waals surface area contributed by atoms with Gasteiger partial charge in [-0.2, -0.15) is 4.99 Å². The average Bonchev–Trinajstić information content (AvgIpc) is 2.45. The quantitative estimate of drug-likeness (QED) is 0.289. The number of likely N-dealkylation sites (N-methyl/N-ethyl adjacent to an activating group) is 3. The molecule has 19 heavy (non-hydrogen) atoms. The standard InChI is InChI=1S/C12H23N5O2/c1-5-10(6-7-16-8-18)12(14-3,15-4)11(13-2)17-9-19/h10-11,13-15H,5-7H2,1-4H3. The summed E-state index contributed by atoms with van der Waals surface area (Å²) in [6.45, 7) is 2.43. The normalized spacial score (nSPS) is 14.1. The first-order chi connectivity index (χ1) is 9.16. The van der Waals surface area contributed by atoms with Crippen molar-refractivity contribution in [3.05, 3.63) is 0 Å². The first kappa shape index (κ1) is 17.6. The molecule has 0 bridgehead atoms. The minimum atomic E-state index is -0.612. The molecule has 0 aliphatic heterocycles. The van der Waals surface area contributed by atoms with Crippen molar-refractivity contribution in [3.8, 4) is 0 Å². The van der Waals surface area contributed by atoms with E-state index < -0.39 is 11.8 Å². The molecule has 0 aliphatic rings. The number of isocyanates is 2. The minimum absolute atomic E-state index is 0.120. The van der Waals surface area contributed by atoms with E-state index >= 15 is 0 Å². The fourth-order valence-corrected chi connectivity index (χ4v) is 2.50. The van der Waals surface area contributed by atoms with Crippen LogP contribution in [-0.2, 0) is 9.59 Å². The van der Waals surface area contributed by atoms with Gasteiger partial charge < -0.3 is 0 Å². The van der Waals surface area contributed by atoms with Crippen molar-refractivity contribution in [3.63, 3.8) is 0 Å². The third-order valence-electron chi connectivity index (χ3n) is 3.50. The summed E-state index contributed by atoms with van der Waals surface area (Å²) in [6, 6.07) is 0. The van der Waals surface area contributed by atoms with Crippen LogP contribution in [0.3, 0.4) is 0 Å². The predicted octanol–water partition coefficient (Wildman–Crippen LogP) is -0.245. The van der Waals surface area contributed by atoms with E-state index in [9.17, 15) is 9.59 Å². The number of carbonyl (C=O) groups excluding carboxylic acids is 2. The number of nitrogens with one attached hydrogen (secondary N) is 3. The highest BCUT2D eigenvalue weighted by Crippen LogP contribution is 2.25. The van der Waals surface area contributed by atoms with Gasteiger partial charge in [-0.05, 0) is 33.5 Å². The van der Waals surface area contributed by atoms with Gasteiger partial charge in [0.25, 0.3) is 0 Å². The molecule has 0 radical (unpaired) electrons. The Bertz CT molecular complexity index is 344. The van der Waals surface area contributed by atoms with E-state index in [1.165, 1.54) is 6.08 Å². The lowest BCUT2D eigenvalue weighted by Gasteiger charge is -2.43. The molecular formula is C12H23N5O2. The molecule has 0 heterocycles. The highest BCUT2D eigenvalue weighted by atomic mass is 16.1. The molecule has 7 heteroatoms. The Kier molecular flexibility index (Phi) is 8.87. The van der Waals surface area contributed by atoms with Gasteiger partial charge in [0.05, 0.1) is 6.54 Å². The summed E-state index contributed by atoms with van der Waals surface area (Å²) in [5.74, 6) is 0.120. The lowest BCUT2D eigenvalue weighted by Crippen LogP contribution is -2.69. The predicted molar refractivity (Wildman–Crippen MR) is 73.2 cm³/mol. The molecule has 0 saturated heterocycles. The van der Waals surface area contributed by atoms with Crippen LogP contribution >= 0.6 is 0 Å². The first-order valence-electron chi connectivity index (χ1n) is 6.32. The van der Waals surface area contributed by atoms with Crippen molar-refractivity contribution >= 4 is 12.2 Å². The van der Waals surface area contributed by atoms with Gasteiger partial charge in [-0.3, -0.25) is 16.0 Å². The maximum absolute atomic E-state index is 10.6. The van der Waals surface area contributed by atoms with Crippen molar-refractivity contribution in [2.24, 2.45) is 15.9 Å². The van der Waals surface area contributed by atoms with Crippen molar-refractivity contribution in [2.75, 3.05) is 27.7 Å². The molecule has 0 aliphatic carbocycles. The molecule has 108 valence electrons. The molecule has 0 aromatic carbocycles. The molecule has 0 spiro atoms. The number of hydrogen-bond donors (Lipinski definition) is 3. The molecule has 2 atom stereocenters. The van der Waals surface area contributed by atoms with E-state index in [0.29, 0.717) is 13.0 Å². The van der Waals surface area contributed by atoms with Gasteiger partial charge in [0, 0.05) is 0 Å². The third kappa shape index (κ3) is 4.35. The Morgan fingerprint density at radius 3 is 2.16 bits per heavy atom. The summed E-state index contributed by atoms with van der Waals surface area (Å²) in [5, 5.41) is 9.37. The molecule has 0 aromatic rings. The van der Waals surface area contributed by atoms with Gasteiger partial charge >= 0.3 is 0 Å². The Morgan fingerprint density at radius 2 is 1.79 bits per heavy atom. The van der Waals surface area contributed by atoms with Crippen molar-refractivity contribution in [2.45, 2.75) is 31.6 Å². The summed E-state index contributed by atoms with van der Waals surface area (Å²) < 4.78 is 0. The number of aliphatic imine (C=N–C) groups is 2. The van der Waals surface area contributed by atoms with Crippen LogP contribution in [0, 0.1) is 5.92 Å². The first-order valence-corrected chi connectivity index (χ1v) is 6.32. The van der Waals surface area contributed by atoms with E-state index in [4.69, 9.17) is 0 Å². The second kappa shape index (κ2) is 9.55. The summed E-state index contributed by atoms with van der Waals surface area (Å²) in [6.07, 6.45) is 4.17. The van der Waals surface area contributed by atoms with Crippen LogP contribution in [-0.4, -0.2) is 51.7 Å². The highest BCUT2D eigenvalue weighted by Gasteiger charge is 2.42. The maximum Gasteiger partial charge on any atom is 0.236 e. The van der Waals surface area contributed by atoms with Crippen LogP contribution in [0.15, 0.2) is 9.98 Å². The number of hydrogen-bond acceptors (Lipinski definition) is 7. The lowest BCUT2D eigenvalue weighted by molar-refractivity contribution is 0.120. The van der Waals surface area contributed by atoms with E-state index in [0.717, 1.165) is 6.42 Å². The molecule has 0 fully saturated rings. The van der Waals surface area contributed by atoms with Gasteiger partial charge in [-0.15, -0.1) is 0 Å². The molecule has 0 aromatic heterocycles. The van der Waals surface area contributed by atoms with Crippen LogP contribution in [0.5, 0.6) is 0 Å². The van der Waals surface area contributed by atoms with Crippen LogP contribution in [0.2, 0.25) is 0 Å². The van der Waals surface area contributed by atoms with Crippen molar-refractivity contribution < 1.29 is 9.59 Å². The lowest BCUT2D eigenvalue weighted by atomic mass is 9.84. The van der Waals surface area contributed by atoms with Gasteiger partial charge in [0.15, 0.2) is 0 Å². The number of nitrogens with zero attached hydrogens (tertiary/aromatic N) is 2. The van der Waals surface area contributed by atoms with Crippen LogP contribution in [0.25, 0.3) is 0 Å². The minimum Gasteiger partial charge on any atom is -0.299 e. The second-order valence-electron chi connectivity index (χ2n) is 4.15. The molecule has 3 N–H and O–H groups in total. The molecular weight excluding hydrogens is 246 g/mol.